The summed E-state index contributed by atoms with van der Waals surface area (Å²) in [6, 6.07) is 7.90. The maximum atomic E-state index is 12.2. The van der Waals surface area contributed by atoms with Crippen LogP contribution in [0.25, 0.3) is 0 Å². The number of anilines is 1. The molecule has 146 valence electrons. The fourth-order valence-corrected chi connectivity index (χ4v) is 2.37. The molecule has 0 unspecified atom stereocenters. The molecule has 1 amide bonds. The lowest BCUT2D eigenvalue weighted by molar-refractivity contribution is -0.384. The Kier molecular flexibility index (Phi) is 6.67. The highest BCUT2D eigenvalue weighted by atomic mass is 35.5. The molecule has 0 radical (unpaired) electrons. The number of carbonyl (C=O) groups excluding carboxylic acids is 3. The Morgan fingerprint density at radius 3 is 2.36 bits per heavy atom. The van der Waals surface area contributed by atoms with Gasteiger partial charge in [0.2, 0.25) is 0 Å². The molecule has 2 rings (SSSR count). The van der Waals surface area contributed by atoms with E-state index in [1.807, 2.05) is 0 Å². The van der Waals surface area contributed by atoms with Crippen molar-refractivity contribution in [3.05, 3.63) is 68.2 Å². The Balaban J connectivity index is 2.10. The molecular weight excluding hydrogens is 392 g/mol. The largest absolute Gasteiger partial charge is 0.465 e. The molecule has 0 aliphatic carbocycles. The van der Waals surface area contributed by atoms with Crippen molar-refractivity contribution in [1.82, 2.24) is 0 Å². The predicted molar refractivity (Wildman–Crippen MR) is 99.5 cm³/mol. The normalized spacial score (nSPS) is 10.1. The van der Waals surface area contributed by atoms with Crippen molar-refractivity contribution in [2.24, 2.45) is 0 Å². The molecule has 0 spiro atoms. The zero-order valence-corrected chi connectivity index (χ0v) is 15.6. The monoisotopic (exact) mass is 406 g/mol. The first kappa shape index (κ1) is 20.8. The third-order valence-corrected chi connectivity index (χ3v) is 3.83. The fourth-order valence-electron chi connectivity index (χ4n) is 2.20. The molecule has 0 atom stereocenters. The molecule has 0 bridgehead atoms. The highest BCUT2D eigenvalue weighted by Gasteiger charge is 2.20. The van der Waals surface area contributed by atoms with Crippen LogP contribution in [0.5, 0.6) is 0 Å². The first-order chi connectivity index (χ1) is 13.2. The SMILES string of the molecule is COC(=O)c1cc(C(=O)OCC(=O)Nc2cc(Cl)ccc2C)cc([N+](=O)[O-])c1. The second-order valence-electron chi connectivity index (χ2n) is 5.60. The van der Waals surface area contributed by atoms with Crippen LogP contribution < -0.4 is 5.32 Å². The second kappa shape index (κ2) is 8.96. The molecule has 28 heavy (non-hydrogen) atoms. The molecule has 1 N–H and O–H groups in total. The summed E-state index contributed by atoms with van der Waals surface area (Å²) < 4.78 is 9.38. The highest BCUT2D eigenvalue weighted by molar-refractivity contribution is 6.31. The number of halogens is 1. The quantitative estimate of drug-likeness (QED) is 0.443. The van der Waals surface area contributed by atoms with Crippen molar-refractivity contribution in [3.8, 4) is 0 Å². The zero-order chi connectivity index (χ0) is 20.8. The number of carbonyl (C=O) groups is 3. The number of nitro benzene ring substituents is 1. The molecule has 2 aromatic carbocycles. The smallest absolute Gasteiger partial charge is 0.338 e. The van der Waals surface area contributed by atoms with Gasteiger partial charge in [-0.1, -0.05) is 17.7 Å². The summed E-state index contributed by atoms with van der Waals surface area (Å²) in [6.45, 7) is 1.12. The molecule has 10 heteroatoms. The van der Waals surface area contributed by atoms with Crippen LogP contribution in [-0.2, 0) is 14.3 Å². The molecule has 0 fully saturated rings. The number of nitro groups is 1. The molecule has 0 heterocycles. The minimum absolute atomic E-state index is 0.192. The molecule has 0 aliphatic rings. The van der Waals surface area contributed by atoms with Gasteiger partial charge in [-0.25, -0.2) is 9.59 Å². The summed E-state index contributed by atoms with van der Waals surface area (Å²) in [6.07, 6.45) is 0. The Labute approximate surface area is 164 Å². The van der Waals surface area contributed by atoms with Gasteiger partial charge in [-0.3, -0.25) is 14.9 Å². The number of rotatable bonds is 6. The number of non-ortho nitro benzene ring substituents is 1. The fraction of sp³-hybridized carbons (Fsp3) is 0.167. The maximum absolute atomic E-state index is 12.2. The van der Waals surface area contributed by atoms with Crippen LogP contribution in [0.1, 0.15) is 26.3 Å². The Bertz CT molecular complexity index is 959. The molecule has 9 nitrogen and oxygen atoms in total. The summed E-state index contributed by atoms with van der Waals surface area (Å²) in [5.41, 5.74) is 0.264. The van der Waals surface area contributed by atoms with Gasteiger partial charge in [0.15, 0.2) is 6.61 Å². The van der Waals surface area contributed by atoms with Crippen LogP contribution >= 0.6 is 11.6 Å². The molecule has 0 aromatic heterocycles. The van der Waals surface area contributed by atoms with E-state index in [2.05, 4.69) is 10.1 Å². The third-order valence-electron chi connectivity index (χ3n) is 3.59. The van der Waals surface area contributed by atoms with Gasteiger partial charge in [-0.2, -0.15) is 0 Å². The lowest BCUT2D eigenvalue weighted by atomic mass is 10.1. The van der Waals surface area contributed by atoms with Crippen molar-refractivity contribution < 1.29 is 28.8 Å². The standard InChI is InChI=1S/C18H15ClN2O7/c1-10-3-4-13(19)8-15(10)20-16(22)9-28-18(24)12-5-11(17(23)27-2)6-14(7-12)21(25)26/h3-8H,9H2,1-2H3,(H,20,22). The van der Waals surface area contributed by atoms with E-state index in [1.165, 1.54) is 0 Å². The summed E-state index contributed by atoms with van der Waals surface area (Å²) in [7, 11) is 1.10. The second-order valence-corrected chi connectivity index (χ2v) is 6.04. The van der Waals surface area contributed by atoms with Crippen LogP contribution in [0.15, 0.2) is 36.4 Å². The number of hydrogen-bond acceptors (Lipinski definition) is 7. The van der Waals surface area contributed by atoms with E-state index >= 15 is 0 Å². The topological polar surface area (TPSA) is 125 Å². The van der Waals surface area contributed by atoms with Gasteiger partial charge in [-0.05, 0) is 30.7 Å². The molecule has 2 aromatic rings. The Morgan fingerprint density at radius 2 is 1.75 bits per heavy atom. The number of esters is 2. The summed E-state index contributed by atoms with van der Waals surface area (Å²) >= 11 is 5.87. The van der Waals surface area contributed by atoms with Crippen LogP contribution in [0.4, 0.5) is 11.4 Å². The van der Waals surface area contributed by atoms with Gasteiger partial charge < -0.3 is 14.8 Å². The number of aryl methyl sites for hydroxylation is 1. The van der Waals surface area contributed by atoms with Crippen LogP contribution in [0.3, 0.4) is 0 Å². The lowest BCUT2D eigenvalue weighted by Gasteiger charge is -2.10. The van der Waals surface area contributed by atoms with Gasteiger partial charge in [0.05, 0.1) is 23.2 Å². The number of benzene rings is 2. The number of hydrogen-bond donors (Lipinski definition) is 1. The molecular formula is C18H15ClN2O7. The highest BCUT2D eigenvalue weighted by Crippen LogP contribution is 2.21. The van der Waals surface area contributed by atoms with E-state index in [1.54, 1.807) is 25.1 Å². The Morgan fingerprint density at radius 1 is 1.11 bits per heavy atom. The third kappa shape index (κ3) is 5.27. The van der Waals surface area contributed by atoms with Gasteiger partial charge in [0.25, 0.3) is 11.6 Å². The predicted octanol–water partition coefficient (Wildman–Crippen LogP) is 3.14. The molecule has 0 saturated heterocycles. The van der Waals surface area contributed by atoms with Crippen molar-refractivity contribution in [2.45, 2.75) is 6.92 Å². The number of methoxy groups -OCH3 is 1. The van der Waals surface area contributed by atoms with E-state index in [-0.39, 0.29) is 11.1 Å². The number of nitrogens with one attached hydrogen (secondary N) is 1. The van der Waals surface area contributed by atoms with Crippen LogP contribution in [0.2, 0.25) is 5.02 Å². The number of ether oxygens (including phenoxy) is 2. The molecule has 0 aliphatic heterocycles. The number of nitrogens with zero attached hydrogens (tertiary/aromatic N) is 1. The van der Waals surface area contributed by atoms with E-state index in [0.717, 1.165) is 30.9 Å². The van der Waals surface area contributed by atoms with E-state index in [9.17, 15) is 24.5 Å². The summed E-state index contributed by atoms with van der Waals surface area (Å²) in [5, 5.41) is 14.0. The number of amides is 1. The average Bonchev–Trinajstić information content (AvgIpc) is 2.67. The van der Waals surface area contributed by atoms with E-state index < -0.39 is 35.1 Å². The summed E-state index contributed by atoms with van der Waals surface area (Å²) in [5.74, 6) is -2.49. The van der Waals surface area contributed by atoms with Crippen LogP contribution in [0, 0.1) is 17.0 Å². The van der Waals surface area contributed by atoms with Crippen molar-refractivity contribution >= 4 is 40.8 Å². The van der Waals surface area contributed by atoms with Gasteiger partial charge in [-0.15, -0.1) is 0 Å². The van der Waals surface area contributed by atoms with E-state index in [4.69, 9.17) is 16.3 Å². The minimum atomic E-state index is -1.01. The maximum Gasteiger partial charge on any atom is 0.338 e. The van der Waals surface area contributed by atoms with Crippen molar-refractivity contribution in [1.29, 1.82) is 0 Å². The van der Waals surface area contributed by atoms with Crippen molar-refractivity contribution in [2.75, 3.05) is 19.0 Å². The van der Waals surface area contributed by atoms with Gasteiger partial charge >= 0.3 is 11.9 Å². The first-order valence-electron chi connectivity index (χ1n) is 7.82. The lowest BCUT2D eigenvalue weighted by Crippen LogP contribution is -2.21. The van der Waals surface area contributed by atoms with E-state index in [0.29, 0.717) is 10.7 Å². The van der Waals surface area contributed by atoms with Gasteiger partial charge in [0, 0.05) is 22.8 Å². The minimum Gasteiger partial charge on any atom is -0.465 e. The van der Waals surface area contributed by atoms with Crippen molar-refractivity contribution in [3.63, 3.8) is 0 Å². The van der Waals surface area contributed by atoms with Gasteiger partial charge in [0.1, 0.15) is 0 Å². The average molecular weight is 407 g/mol. The molecule has 0 saturated carbocycles. The zero-order valence-electron chi connectivity index (χ0n) is 14.9. The summed E-state index contributed by atoms with van der Waals surface area (Å²) in [4.78, 5) is 46.0. The first-order valence-corrected chi connectivity index (χ1v) is 8.20. The van der Waals surface area contributed by atoms with Crippen LogP contribution in [-0.4, -0.2) is 36.5 Å². The Hall–Kier alpha value is -3.46.